The lowest BCUT2D eigenvalue weighted by Crippen LogP contribution is -2.37. The van der Waals surface area contributed by atoms with Gasteiger partial charge in [-0.2, -0.15) is 0 Å². The van der Waals surface area contributed by atoms with Crippen LogP contribution in [-0.4, -0.2) is 32.1 Å². The van der Waals surface area contributed by atoms with E-state index in [4.69, 9.17) is 0 Å². The lowest BCUT2D eigenvalue weighted by atomic mass is 10.2. The summed E-state index contributed by atoms with van der Waals surface area (Å²) in [6.45, 7) is 3.27. The maximum absolute atomic E-state index is 12.7. The second-order valence-corrected chi connectivity index (χ2v) is 7.34. The van der Waals surface area contributed by atoms with Crippen molar-refractivity contribution in [3.8, 4) is 0 Å². The molecule has 0 aliphatic carbocycles. The number of rotatable bonds is 4. The molecule has 1 unspecified atom stereocenters. The Labute approximate surface area is 137 Å². The molecule has 2 heterocycles. The van der Waals surface area contributed by atoms with Crippen LogP contribution in [0.25, 0.3) is 10.9 Å². The molecule has 122 valence electrons. The fourth-order valence-corrected chi connectivity index (χ4v) is 4.59. The van der Waals surface area contributed by atoms with Crippen LogP contribution in [0.1, 0.15) is 18.5 Å². The number of aromatic nitrogens is 1. The summed E-state index contributed by atoms with van der Waals surface area (Å²) in [6, 6.07) is 7.85. The molecule has 0 spiro atoms. The van der Waals surface area contributed by atoms with Crippen molar-refractivity contribution in [2.45, 2.75) is 30.7 Å². The van der Waals surface area contributed by atoms with Crippen LogP contribution in [0.5, 0.6) is 0 Å². The minimum Gasteiger partial charge on any atom is -0.347 e. The summed E-state index contributed by atoms with van der Waals surface area (Å²) in [4.78, 5) is 0.401. The maximum Gasteiger partial charge on any atom is 0.243 e. The van der Waals surface area contributed by atoms with E-state index < -0.39 is 10.0 Å². The highest BCUT2D eigenvalue weighted by atomic mass is 35.5. The molecule has 1 atom stereocenters. The first-order valence-corrected chi connectivity index (χ1v) is 8.76. The smallest absolute Gasteiger partial charge is 0.243 e. The largest absolute Gasteiger partial charge is 0.347 e. The highest BCUT2D eigenvalue weighted by Crippen LogP contribution is 2.28. The SMILES string of the molecule is Cc1c(S(=O)(=O)NCC2CCCN2)c2ccccc2n1C.Cl. The van der Waals surface area contributed by atoms with Gasteiger partial charge in [-0.05, 0) is 32.4 Å². The number of para-hydroxylation sites is 1. The molecular weight excluding hydrogens is 322 g/mol. The number of nitrogens with one attached hydrogen (secondary N) is 2. The fraction of sp³-hybridized carbons (Fsp3) is 0.467. The first-order chi connectivity index (χ1) is 10.0. The molecule has 0 amide bonds. The molecule has 1 aromatic carbocycles. The number of halogens is 1. The van der Waals surface area contributed by atoms with Crippen molar-refractivity contribution in [1.82, 2.24) is 14.6 Å². The molecule has 1 aliphatic heterocycles. The molecule has 1 saturated heterocycles. The molecule has 0 saturated carbocycles. The first kappa shape index (κ1) is 17.3. The van der Waals surface area contributed by atoms with Gasteiger partial charge in [0.15, 0.2) is 0 Å². The van der Waals surface area contributed by atoms with Crippen LogP contribution >= 0.6 is 12.4 Å². The van der Waals surface area contributed by atoms with Crippen LogP contribution in [0.3, 0.4) is 0 Å². The van der Waals surface area contributed by atoms with Gasteiger partial charge in [-0.15, -0.1) is 12.4 Å². The van der Waals surface area contributed by atoms with E-state index in [9.17, 15) is 8.42 Å². The normalized spacial score (nSPS) is 18.5. The van der Waals surface area contributed by atoms with E-state index in [1.807, 2.05) is 42.8 Å². The van der Waals surface area contributed by atoms with Gasteiger partial charge in [0.1, 0.15) is 4.90 Å². The molecule has 1 fully saturated rings. The van der Waals surface area contributed by atoms with Crippen LogP contribution in [0.15, 0.2) is 29.2 Å². The van der Waals surface area contributed by atoms with E-state index >= 15 is 0 Å². The molecule has 1 aromatic heterocycles. The summed E-state index contributed by atoms with van der Waals surface area (Å²) >= 11 is 0. The van der Waals surface area contributed by atoms with Crippen LogP contribution < -0.4 is 10.0 Å². The average molecular weight is 344 g/mol. The number of benzene rings is 1. The standard InChI is InChI=1S/C15H21N3O2S.ClH/c1-11-15(13-7-3-4-8-14(13)18(11)2)21(19,20)17-10-12-6-5-9-16-12;/h3-4,7-8,12,16-17H,5-6,9-10H2,1-2H3;1H. The van der Waals surface area contributed by atoms with E-state index in [2.05, 4.69) is 10.0 Å². The van der Waals surface area contributed by atoms with Crippen molar-refractivity contribution >= 4 is 33.3 Å². The second kappa shape index (κ2) is 6.58. The van der Waals surface area contributed by atoms with Gasteiger partial charge in [-0.1, -0.05) is 18.2 Å². The lowest BCUT2D eigenvalue weighted by molar-refractivity contribution is 0.551. The van der Waals surface area contributed by atoms with E-state index in [-0.39, 0.29) is 18.4 Å². The van der Waals surface area contributed by atoms with E-state index in [1.165, 1.54) is 0 Å². The van der Waals surface area contributed by atoms with Gasteiger partial charge in [-0.3, -0.25) is 0 Å². The zero-order valence-corrected chi connectivity index (χ0v) is 14.4. The molecule has 1 aliphatic rings. The maximum atomic E-state index is 12.7. The van der Waals surface area contributed by atoms with Gasteiger partial charge in [0.2, 0.25) is 10.0 Å². The van der Waals surface area contributed by atoms with Gasteiger partial charge in [-0.25, -0.2) is 13.1 Å². The van der Waals surface area contributed by atoms with Crippen molar-refractivity contribution in [3.63, 3.8) is 0 Å². The predicted octanol–water partition coefficient (Wildman–Crippen LogP) is 1.94. The number of hydrogen-bond donors (Lipinski definition) is 2. The Morgan fingerprint density at radius 3 is 2.77 bits per heavy atom. The molecule has 2 aromatic rings. The van der Waals surface area contributed by atoms with Crippen LogP contribution in [0.2, 0.25) is 0 Å². The number of aryl methyl sites for hydroxylation is 1. The molecular formula is C15H22ClN3O2S. The molecule has 3 rings (SSSR count). The van der Waals surface area contributed by atoms with Crippen LogP contribution in [0.4, 0.5) is 0 Å². The van der Waals surface area contributed by atoms with Crippen molar-refractivity contribution in [2.75, 3.05) is 13.1 Å². The minimum atomic E-state index is -3.50. The average Bonchev–Trinajstić information content (AvgIpc) is 3.06. The Bertz CT molecular complexity index is 764. The van der Waals surface area contributed by atoms with Crippen LogP contribution in [0, 0.1) is 6.92 Å². The predicted molar refractivity (Wildman–Crippen MR) is 91.1 cm³/mol. The lowest BCUT2D eigenvalue weighted by Gasteiger charge is -2.12. The summed E-state index contributed by atoms with van der Waals surface area (Å²) in [5.41, 5.74) is 1.71. The van der Waals surface area contributed by atoms with Gasteiger partial charge < -0.3 is 9.88 Å². The Morgan fingerprint density at radius 1 is 1.36 bits per heavy atom. The van der Waals surface area contributed by atoms with Crippen molar-refractivity contribution in [2.24, 2.45) is 7.05 Å². The van der Waals surface area contributed by atoms with Gasteiger partial charge in [0, 0.05) is 36.2 Å². The molecule has 0 radical (unpaired) electrons. The van der Waals surface area contributed by atoms with Gasteiger partial charge in [0.25, 0.3) is 0 Å². The summed E-state index contributed by atoms with van der Waals surface area (Å²) < 4.78 is 30.1. The Hall–Kier alpha value is -1.08. The Kier molecular flexibility index (Phi) is 5.17. The quantitative estimate of drug-likeness (QED) is 0.891. The minimum absolute atomic E-state index is 0. The first-order valence-electron chi connectivity index (χ1n) is 7.28. The van der Waals surface area contributed by atoms with E-state index in [0.29, 0.717) is 11.4 Å². The highest BCUT2D eigenvalue weighted by Gasteiger charge is 2.25. The van der Waals surface area contributed by atoms with E-state index in [0.717, 1.165) is 36.0 Å². The summed E-state index contributed by atoms with van der Waals surface area (Å²) in [7, 11) is -1.60. The summed E-state index contributed by atoms with van der Waals surface area (Å²) in [5.74, 6) is 0. The number of fused-ring (bicyclic) bond motifs is 1. The zero-order chi connectivity index (χ0) is 15.0. The Balaban J connectivity index is 0.00000176. The van der Waals surface area contributed by atoms with Gasteiger partial charge in [0.05, 0.1) is 0 Å². The second-order valence-electron chi connectivity index (χ2n) is 5.64. The third kappa shape index (κ3) is 3.01. The molecule has 5 nitrogen and oxygen atoms in total. The molecule has 22 heavy (non-hydrogen) atoms. The van der Waals surface area contributed by atoms with Crippen LogP contribution in [-0.2, 0) is 17.1 Å². The number of nitrogens with zero attached hydrogens (tertiary/aromatic N) is 1. The summed E-state index contributed by atoms with van der Waals surface area (Å²) in [5, 5.41) is 4.09. The highest BCUT2D eigenvalue weighted by molar-refractivity contribution is 7.89. The molecule has 7 heteroatoms. The zero-order valence-electron chi connectivity index (χ0n) is 12.8. The summed E-state index contributed by atoms with van der Waals surface area (Å²) in [6.07, 6.45) is 2.14. The monoisotopic (exact) mass is 343 g/mol. The van der Waals surface area contributed by atoms with Crippen molar-refractivity contribution in [3.05, 3.63) is 30.0 Å². The van der Waals surface area contributed by atoms with Crippen molar-refractivity contribution in [1.29, 1.82) is 0 Å². The number of hydrogen-bond acceptors (Lipinski definition) is 3. The topological polar surface area (TPSA) is 63.1 Å². The molecule has 2 N–H and O–H groups in total. The molecule has 0 bridgehead atoms. The Morgan fingerprint density at radius 2 is 2.09 bits per heavy atom. The third-order valence-electron chi connectivity index (χ3n) is 4.29. The van der Waals surface area contributed by atoms with E-state index in [1.54, 1.807) is 0 Å². The fourth-order valence-electron chi connectivity index (χ4n) is 3.04. The van der Waals surface area contributed by atoms with Gasteiger partial charge >= 0.3 is 0 Å². The van der Waals surface area contributed by atoms with Crippen molar-refractivity contribution < 1.29 is 8.42 Å². The number of sulfonamides is 1. The third-order valence-corrected chi connectivity index (χ3v) is 5.89.